The van der Waals surface area contributed by atoms with Gasteiger partial charge in [0.2, 0.25) is 0 Å². The van der Waals surface area contributed by atoms with E-state index in [2.05, 4.69) is 14.9 Å². The summed E-state index contributed by atoms with van der Waals surface area (Å²) in [5.41, 5.74) is 5.83. The molecule has 1 fully saturated rings. The maximum Gasteiger partial charge on any atom is 0.179 e. The summed E-state index contributed by atoms with van der Waals surface area (Å²) in [6.45, 7) is 1.78. The van der Waals surface area contributed by atoms with Crippen molar-refractivity contribution in [3.05, 3.63) is 12.5 Å². The van der Waals surface area contributed by atoms with E-state index < -0.39 is 0 Å². The van der Waals surface area contributed by atoms with Gasteiger partial charge >= 0.3 is 0 Å². The molecule has 0 aliphatic carbocycles. The summed E-state index contributed by atoms with van der Waals surface area (Å²) in [7, 11) is 1.62. The lowest BCUT2D eigenvalue weighted by atomic mass is 10.3. The van der Waals surface area contributed by atoms with Gasteiger partial charge in [0.1, 0.15) is 6.33 Å². The molecule has 0 bridgehead atoms. The highest BCUT2D eigenvalue weighted by atomic mass is 16.5. The third-order valence-electron chi connectivity index (χ3n) is 2.40. The summed E-state index contributed by atoms with van der Waals surface area (Å²) in [4.78, 5) is 10.2. The Labute approximate surface area is 82.9 Å². The van der Waals surface area contributed by atoms with Crippen LogP contribution in [0.3, 0.4) is 0 Å². The summed E-state index contributed by atoms with van der Waals surface area (Å²) in [6.07, 6.45) is 4.21. The van der Waals surface area contributed by atoms with Crippen LogP contribution in [0.5, 0.6) is 5.75 Å². The zero-order valence-corrected chi connectivity index (χ0v) is 8.18. The average Bonchev–Trinajstić information content (AvgIpc) is 2.65. The predicted molar refractivity (Wildman–Crippen MR) is 53.4 cm³/mol. The van der Waals surface area contributed by atoms with Gasteiger partial charge in [-0.2, -0.15) is 0 Å². The minimum atomic E-state index is 0.245. The van der Waals surface area contributed by atoms with Gasteiger partial charge in [-0.25, -0.2) is 9.97 Å². The maximum absolute atomic E-state index is 5.83. The lowest BCUT2D eigenvalue weighted by molar-refractivity contribution is 0.410. The number of hydrogen-bond acceptors (Lipinski definition) is 5. The number of nitrogens with zero attached hydrogens (tertiary/aromatic N) is 3. The van der Waals surface area contributed by atoms with E-state index in [0.29, 0.717) is 5.75 Å². The van der Waals surface area contributed by atoms with Gasteiger partial charge in [-0.05, 0) is 6.42 Å². The molecular formula is C9H14N4O. The summed E-state index contributed by atoms with van der Waals surface area (Å²) in [5, 5.41) is 0. The molecule has 1 aliphatic heterocycles. The fraction of sp³-hybridized carbons (Fsp3) is 0.556. The summed E-state index contributed by atoms with van der Waals surface area (Å²) in [5.74, 6) is 1.55. The molecule has 14 heavy (non-hydrogen) atoms. The van der Waals surface area contributed by atoms with Crippen molar-refractivity contribution >= 4 is 5.82 Å². The second-order valence-corrected chi connectivity index (χ2v) is 3.41. The standard InChI is InChI=1S/C9H14N4O/c1-14-8-4-11-6-12-9(8)13-3-2-7(10)5-13/h4,6-7H,2-3,5,10H2,1H3. The maximum atomic E-state index is 5.83. The van der Waals surface area contributed by atoms with E-state index in [9.17, 15) is 0 Å². The molecule has 0 amide bonds. The number of methoxy groups -OCH3 is 1. The van der Waals surface area contributed by atoms with E-state index in [1.807, 2.05) is 0 Å². The molecule has 1 saturated heterocycles. The van der Waals surface area contributed by atoms with Crippen LogP contribution in [-0.2, 0) is 0 Å². The monoisotopic (exact) mass is 194 g/mol. The molecule has 2 heterocycles. The van der Waals surface area contributed by atoms with Gasteiger partial charge in [0, 0.05) is 19.1 Å². The summed E-state index contributed by atoms with van der Waals surface area (Å²) in [6, 6.07) is 0.245. The Balaban J connectivity index is 2.22. The highest BCUT2D eigenvalue weighted by molar-refractivity contribution is 5.51. The van der Waals surface area contributed by atoms with Crippen LogP contribution in [0.25, 0.3) is 0 Å². The SMILES string of the molecule is COc1cncnc1N1CCC(N)C1. The zero-order valence-electron chi connectivity index (χ0n) is 8.18. The van der Waals surface area contributed by atoms with Gasteiger partial charge in [0.25, 0.3) is 0 Å². The van der Waals surface area contributed by atoms with Crippen molar-refractivity contribution in [1.82, 2.24) is 9.97 Å². The first kappa shape index (κ1) is 9.21. The smallest absolute Gasteiger partial charge is 0.179 e. The molecule has 0 radical (unpaired) electrons. The first-order chi connectivity index (χ1) is 6.81. The Morgan fingerprint density at radius 3 is 3.14 bits per heavy atom. The van der Waals surface area contributed by atoms with Crippen molar-refractivity contribution in [3.8, 4) is 5.75 Å². The lowest BCUT2D eigenvalue weighted by Gasteiger charge is -2.18. The first-order valence-corrected chi connectivity index (χ1v) is 4.66. The van der Waals surface area contributed by atoms with E-state index in [1.54, 1.807) is 13.3 Å². The number of anilines is 1. The second-order valence-electron chi connectivity index (χ2n) is 3.41. The van der Waals surface area contributed by atoms with Crippen LogP contribution in [0.15, 0.2) is 12.5 Å². The number of nitrogens with two attached hydrogens (primary N) is 1. The Bertz CT molecular complexity index is 317. The largest absolute Gasteiger partial charge is 0.491 e. The van der Waals surface area contributed by atoms with Crippen molar-refractivity contribution in [2.24, 2.45) is 5.73 Å². The zero-order chi connectivity index (χ0) is 9.97. The van der Waals surface area contributed by atoms with Crippen molar-refractivity contribution in [2.75, 3.05) is 25.1 Å². The van der Waals surface area contributed by atoms with Crippen LogP contribution in [-0.4, -0.2) is 36.2 Å². The van der Waals surface area contributed by atoms with E-state index >= 15 is 0 Å². The third kappa shape index (κ3) is 1.63. The van der Waals surface area contributed by atoms with E-state index in [-0.39, 0.29) is 6.04 Å². The fourth-order valence-corrected chi connectivity index (χ4v) is 1.67. The molecule has 1 aliphatic rings. The molecule has 5 heteroatoms. The molecule has 1 unspecified atom stereocenters. The predicted octanol–water partition coefficient (Wildman–Crippen LogP) is 0.0226. The van der Waals surface area contributed by atoms with E-state index in [1.165, 1.54) is 6.33 Å². The Hall–Kier alpha value is -1.36. The second kappa shape index (κ2) is 3.79. The number of ether oxygens (including phenoxy) is 1. The Kier molecular flexibility index (Phi) is 2.49. The molecule has 1 aromatic heterocycles. The van der Waals surface area contributed by atoms with E-state index in [0.717, 1.165) is 25.3 Å². The molecule has 0 saturated carbocycles. The molecule has 0 spiro atoms. The first-order valence-electron chi connectivity index (χ1n) is 4.66. The molecule has 2 rings (SSSR count). The molecule has 5 nitrogen and oxygen atoms in total. The van der Waals surface area contributed by atoms with Crippen molar-refractivity contribution < 1.29 is 4.74 Å². The van der Waals surface area contributed by atoms with Crippen LogP contribution in [0.1, 0.15) is 6.42 Å². The average molecular weight is 194 g/mol. The molecule has 2 N–H and O–H groups in total. The van der Waals surface area contributed by atoms with Crippen molar-refractivity contribution in [3.63, 3.8) is 0 Å². The minimum absolute atomic E-state index is 0.245. The third-order valence-corrected chi connectivity index (χ3v) is 2.40. The lowest BCUT2D eigenvalue weighted by Crippen LogP contribution is -2.27. The number of aromatic nitrogens is 2. The minimum Gasteiger partial charge on any atom is -0.491 e. The van der Waals surface area contributed by atoms with Crippen molar-refractivity contribution in [2.45, 2.75) is 12.5 Å². The van der Waals surface area contributed by atoms with Crippen molar-refractivity contribution in [1.29, 1.82) is 0 Å². The van der Waals surface area contributed by atoms with Gasteiger partial charge in [-0.1, -0.05) is 0 Å². The van der Waals surface area contributed by atoms with Crippen LogP contribution in [0.2, 0.25) is 0 Å². The van der Waals surface area contributed by atoms with Crippen LogP contribution in [0.4, 0.5) is 5.82 Å². The highest BCUT2D eigenvalue weighted by Gasteiger charge is 2.22. The number of rotatable bonds is 2. The molecule has 1 atom stereocenters. The molecule has 76 valence electrons. The molecular weight excluding hydrogens is 180 g/mol. The van der Waals surface area contributed by atoms with Gasteiger partial charge in [-0.15, -0.1) is 0 Å². The van der Waals surface area contributed by atoms with Gasteiger partial charge < -0.3 is 15.4 Å². The fourth-order valence-electron chi connectivity index (χ4n) is 1.67. The summed E-state index contributed by atoms with van der Waals surface area (Å²) < 4.78 is 5.19. The topological polar surface area (TPSA) is 64.3 Å². The van der Waals surface area contributed by atoms with Gasteiger partial charge in [-0.3, -0.25) is 0 Å². The molecule has 0 aromatic carbocycles. The van der Waals surface area contributed by atoms with Gasteiger partial charge in [0.05, 0.1) is 13.3 Å². The van der Waals surface area contributed by atoms with Crippen LogP contribution in [0, 0.1) is 0 Å². The van der Waals surface area contributed by atoms with Crippen LogP contribution >= 0.6 is 0 Å². The van der Waals surface area contributed by atoms with Crippen LogP contribution < -0.4 is 15.4 Å². The summed E-state index contributed by atoms with van der Waals surface area (Å²) >= 11 is 0. The number of hydrogen-bond donors (Lipinski definition) is 1. The Morgan fingerprint density at radius 1 is 1.64 bits per heavy atom. The van der Waals surface area contributed by atoms with Gasteiger partial charge in [0.15, 0.2) is 11.6 Å². The molecule has 1 aromatic rings. The highest BCUT2D eigenvalue weighted by Crippen LogP contribution is 2.26. The Morgan fingerprint density at radius 2 is 2.50 bits per heavy atom. The van der Waals surface area contributed by atoms with E-state index in [4.69, 9.17) is 10.5 Å². The quantitative estimate of drug-likeness (QED) is 0.719. The normalized spacial score (nSPS) is 21.3.